The van der Waals surface area contributed by atoms with Crippen molar-refractivity contribution in [2.24, 2.45) is 5.92 Å². The fourth-order valence-corrected chi connectivity index (χ4v) is 2.55. The molecule has 1 aliphatic carbocycles. The van der Waals surface area contributed by atoms with Crippen LogP contribution in [-0.2, 0) is 0 Å². The number of hydrogen-bond donors (Lipinski definition) is 0. The van der Waals surface area contributed by atoms with E-state index >= 15 is 0 Å². The number of rotatable bonds is 3. The van der Waals surface area contributed by atoms with E-state index in [9.17, 15) is 0 Å². The first-order chi connectivity index (χ1) is 7.75. The van der Waals surface area contributed by atoms with Gasteiger partial charge in [0.2, 0.25) is 5.95 Å². The van der Waals surface area contributed by atoms with Crippen LogP contribution in [0.15, 0.2) is 16.9 Å². The monoisotopic (exact) mass is 283 g/mol. The zero-order valence-corrected chi connectivity index (χ0v) is 11.3. The van der Waals surface area contributed by atoms with E-state index in [0.717, 1.165) is 22.9 Å². The highest BCUT2D eigenvalue weighted by Crippen LogP contribution is 2.24. The van der Waals surface area contributed by atoms with Gasteiger partial charge >= 0.3 is 0 Å². The van der Waals surface area contributed by atoms with E-state index in [1.54, 1.807) is 12.4 Å². The molecule has 1 aliphatic rings. The maximum absolute atomic E-state index is 4.31. The van der Waals surface area contributed by atoms with Crippen LogP contribution in [0.2, 0.25) is 0 Å². The molecule has 0 amide bonds. The summed E-state index contributed by atoms with van der Waals surface area (Å²) in [5.74, 6) is 1.65. The first kappa shape index (κ1) is 11.8. The minimum absolute atomic E-state index is 0.825. The van der Waals surface area contributed by atoms with E-state index in [1.807, 2.05) is 0 Å². The lowest BCUT2D eigenvalue weighted by Gasteiger charge is -2.26. The van der Waals surface area contributed by atoms with E-state index in [1.165, 1.54) is 32.1 Å². The molecule has 1 heterocycles. The molecule has 0 N–H and O–H groups in total. The number of anilines is 1. The number of hydrogen-bond acceptors (Lipinski definition) is 3. The molecule has 1 aromatic heterocycles. The molecule has 1 saturated carbocycles. The minimum Gasteiger partial charge on any atom is -0.344 e. The second kappa shape index (κ2) is 5.62. The van der Waals surface area contributed by atoms with Crippen molar-refractivity contribution in [3.8, 4) is 0 Å². The Morgan fingerprint density at radius 1 is 1.25 bits per heavy atom. The highest BCUT2D eigenvalue weighted by molar-refractivity contribution is 9.10. The molecule has 1 aromatic rings. The summed E-state index contributed by atoms with van der Waals surface area (Å²) in [6, 6.07) is 0. The number of nitrogens with zero attached hydrogens (tertiary/aromatic N) is 3. The maximum atomic E-state index is 4.31. The van der Waals surface area contributed by atoms with Gasteiger partial charge in [-0.15, -0.1) is 0 Å². The lowest BCUT2D eigenvalue weighted by molar-refractivity contribution is 0.361. The lowest BCUT2D eigenvalue weighted by Crippen LogP contribution is -2.28. The Labute approximate surface area is 105 Å². The average molecular weight is 284 g/mol. The molecule has 0 aromatic carbocycles. The Morgan fingerprint density at radius 2 is 1.88 bits per heavy atom. The van der Waals surface area contributed by atoms with Gasteiger partial charge in [0.05, 0.1) is 4.47 Å². The molecule has 2 rings (SSSR count). The number of aromatic nitrogens is 2. The third-order valence-electron chi connectivity index (χ3n) is 3.20. The van der Waals surface area contributed by atoms with Crippen LogP contribution in [0.25, 0.3) is 0 Å². The molecule has 0 unspecified atom stereocenters. The summed E-state index contributed by atoms with van der Waals surface area (Å²) in [5, 5.41) is 0. The van der Waals surface area contributed by atoms with Gasteiger partial charge in [-0.25, -0.2) is 9.97 Å². The van der Waals surface area contributed by atoms with Gasteiger partial charge in [0.15, 0.2) is 0 Å². The molecule has 88 valence electrons. The highest BCUT2D eigenvalue weighted by atomic mass is 79.9. The molecule has 1 fully saturated rings. The first-order valence-electron chi connectivity index (χ1n) is 5.94. The van der Waals surface area contributed by atoms with Gasteiger partial charge in [-0.2, -0.15) is 0 Å². The largest absolute Gasteiger partial charge is 0.344 e. The lowest BCUT2D eigenvalue weighted by atomic mass is 9.89. The van der Waals surface area contributed by atoms with Crippen LogP contribution < -0.4 is 4.90 Å². The topological polar surface area (TPSA) is 29.0 Å². The quantitative estimate of drug-likeness (QED) is 0.853. The van der Waals surface area contributed by atoms with Crippen LogP contribution in [0.5, 0.6) is 0 Å². The Hall–Kier alpha value is -0.640. The van der Waals surface area contributed by atoms with Crippen LogP contribution in [0.3, 0.4) is 0 Å². The Morgan fingerprint density at radius 3 is 2.50 bits per heavy atom. The van der Waals surface area contributed by atoms with Crippen LogP contribution in [0.1, 0.15) is 32.1 Å². The Bertz CT molecular complexity index is 320. The van der Waals surface area contributed by atoms with Crippen molar-refractivity contribution in [1.29, 1.82) is 0 Å². The molecule has 4 heteroatoms. The SMILES string of the molecule is CN(CC1CCCCC1)c1ncc(Br)cn1. The summed E-state index contributed by atoms with van der Waals surface area (Å²) in [4.78, 5) is 10.8. The van der Waals surface area contributed by atoms with Gasteiger partial charge < -0.3 is 4.90 Å². The molecule has 16 heavy (non-hydrogen) atoms. The molecule has 0 aliphatic heterocycles. The fourth-order valence-electron chi connectivity index (χ4n) is 2.34. The summed E-state index contributed by atoms with van der Waals surface area (Å²) in [7, 11) is 2.08. The van der Waals surface area contributed by atoms with Gasteiger partial charge in [-0.05, 0) is 34.7 Å². The van der Waals surface area contributed by atoms with Gasteiger partial charge in [-0.3, -0.25) is 0 Å². The summed E-state index contributed by atoms with van der Waals surface area (Å²) >= 11 is 3.35. The zero-order valence-electron chi connectivity index (χ0n) is 9.69. The first-order valence-corrected chi connectivity index (χ1v) is 6.73. The molecular formula is C12H18BrN3. The van der Waals surface area contributed by atoms with Crippen LogP contribution in [-0.4, -0.2) is 23.6 Å². The summed E-state index contributed by atoms with van der Waals surface area (Å²) in [5.41, 5.74) is 0. The van der Waals surface area contributed by atoms with Crippen molar-refractivity contribution in [2.45, 2.75) is 32.1 Å². The molecular weight excluding hydrogens is 266 g/mol. The van der Waals surface area contributed by atoms with Gasteiger partial charge in [0.25, 0.3) is 0 Å². The Balaban J connectivity index is 1.91. The summed E-state index contributed by atoms with van der Waals surface area (Å²) in [6.07, 6.45) is 10.5. The van der Waals surface area contributed by atoms with Crippen LogP contribution in [0.4, 0.5) is 5.95 Å². The zero-order chi connectivity index (χ0) is 11.4. The van der Waals surface area contributed by atoms with E-state index < -0.39 is 0 Å². The second-order valence-electron chi connectivity index (χ2n) is 4.59. The van der Waals surface area contributed by atoms with Crippen LogP contribution in [0, 0.1) is 5.92 Å². The van der Waals surface area contributed by atoms with E-state index in [0.29, 0.717) is 0 Å². The van der Waals surface area contributed by atoms with Gasteiger partial charge in [0.1, 0.15) is 0 Å². The maximum Gasteiger partial charge on any atom is 0.225 e. The van der Waals surface area contributed by atoms with Gasteiger partial charge in [0, 0.05) is 26.0 Å². The molecule has 0 saturated heterocycles. The predicted molar refractivity (Wildman–Crippen MR) is 69.6 cm³/mol. The third kappa shape index (κ3) is 3.17. The van der Waals surface area contributed by atoms with Crippen molar-refractivity contribution in [3.05, 3.63) is 16.9 Å². The van der Waals surface area contributed by atoms with Gasteiger partial charge in [-0.1, -0.05) is 19.3 Å². The van der Waals surface area contributed by atoms with Crippen molar-refractivity contribution in [2.75, 3.05) is 18.5 Å². The minimum atomic E-state index is 0.825. The van der Waals surface area contributed by atoms with Crippen molar-refractivity contribution >= 4 is 21.9 Å². The third-order valence-corrected chi connectivity index (χ3v) is 3.61. The highest BCUT2D eigenvalue weighted by Gasteiger charge is 2.16. The predicted octanol–water partition coefficient (Wildman–Crippen LogP) is 3.26. The molecule has 3 nitrogen and oxygen atoms in total. The van der Waals surface area contributed by atoms with Crippen molar-refractivity contribution in [1.82, 2.24) is 9.97 Å². The second-order valence-corrected chi connectivity index (χ2v) is 5.50. The Kier molecular flexibility index (Phi) is 4.16. The van der Waals surface area contributed by atoms with Crippen molar-refractivity contribution in [3.63, 3.8) is 0 Å². The molecule has 0 radical (unpaired) electrons. The smallest absolute Gasteiger partial charge is 0.225 e. The van der Waals surface area contributed by atoms with Crippen LogP contribution >= 0.6 is 15.9 Å². The van der Waals surface area contributed by atoms with Crippen molar-refractivity contribution < 1.29 is 0 Å². The number of halogens is 1. The standard InChI is InChI=1S/C12H18BrN3/c1-16(9-10-5-3-2-4-6-10)12-14-7-11(13)8-15-12/h7-8,10H,2-6,9H2,1H3. The fraction of sp³-hybridized carbons (Fsp3) is 0.667. The van der Waals surface area contributed by atoms with E-state index in [2.05, 4.69) is 37.8 Å². The normalized spacial score (nSPS) is 17.4. The molecule has 0 atom stereocenters. The van der Waals surface area contributed by atoms with E-state index in [-0.39, 0.29) is 0 Å². The summed E-state index contributed by atoms with van der Waals surface area (Å²) < 4.78 is 0.933. The average Bonchev–Trinajstić information content (AvgIpc) is 2.31. The van der Waals surface area contributed by atoms with E-state index in [4.69, 9.17) is 0 Å². The summed E-state index contributed by atoms with van der Waals surface area (Å²) in [6.45, 7) is 1.08. The molecule has 0 bridgehead atoms. The molecule has 0 spiro atoms.